The molecule has 15 heavy (non-hydrogen) atoms. The summed E-state index contributed by atoms with van der Waals surface area (Å²) in [5.41, 5.74) is 0.836. The number of ether oxygens (including phenoxy) is 1. The summed E-state index contributed by atoms with van der Waals surface area (Å²) in [6, 6.07) is 9.13. The van der Waals surface area contributed by atoms with Crippen molar-refractivity contribution in [1.82, 2.24) is 5.01 Å². The summed E-state index contributed by atoms with van der Waals surface area (Å²) in [6.07, 6.45) is -0.855. The Morgan fingerprint density at radius 3 is 2.47 bits per heavy atom. The van der Waals surface area contributed by atoms with Crippen LogP contribution < -0.4 is 5.84 Å². The van der Waals surface area contributed by atoms with Gasteiger partial charge in [0.25, 0.3) is 0 Å². The Morgan fingerprint density at radius 2 is 1.93 bits per heavy atom. The van der Waals surface area contributed by atoms with Gasteiger partial charge in [0.2, 0.25) is 5.91 Å². The Bertz CT molecular complexity index is 351. The molecule has 2 N–H and O–H groups in total. The molecular weight excluding hydrogens is 196 g/mol. The smallest absolute Gasteiger partial charge is 0.431 e. The van der Waals surface area contributed by atoms with Crippen molar-refractivity contribution in [3.63, 3.8) is 0 Å². The lowest BCUT2D eigenvalue weighted by Crippen LogP contribution is -2.41. The fourth-order valence-electron chi connectivity index (χ4n) is 0.917. The van der Waals surface area contributed by atoms with Crippen LogP contribution in [-0.2, 0) is 16.1 Å². The maximum atomic E-state index is 11.1. The molecule has 1 rings (SSSR count). The van der Waals surface area contributed by atoms with Crippen LogP contribution in [0.3, 0.4) is 0 Å². The highest BCUT2D eigenvalue weighted by molar-refractivity contribution is 5.89. The quantitative estimate of drug-likeness (QED) is 0.448. The molecule has 5 nitrogen and oxygen atoms in total. The van der Waals surface area contributed by atoms with Crippen LogP contribution in [0, 0.1) is 0 Å². The number of benzene rings is 1. The normalized spacial score (nSPS) is 9.47. The molecule has 0 atom stereocenters. The SMILES string of the molecule is CC(=O)N(N)C(=O)OCc1ccccc1. The van der Waals surface area contributed by atoms with E-state index in [9.17, 15) is 9.59 Å². The first kappa shape index (κ1) is 11.2. The van der Waals surface area contributed by atoms with Gasteiger partial charge < -0.3 is 4.74 Å². The molecule has 0 unspecified atom stereocenters. The maximum absolute atomic E-state index is 11.1. The van der Waals surface area contributed by atoms with E-state index in [2.05, 4.69) is 0 Å². The second-order valence-electron chi connectivity index (χ2n) is 2.93. The van der Waals surface area contributed by atoms with Gasteiger partial charge in [-0.1, -0.05) is 30.3 Å². The van der Waals surface area contributed by atoms with E-state index in [0.29, 0.717) is 5.01 Å². The number of amides is 2. The first-order valence-electron chi connectivity index (χ1n) is 4.37. The van der Waals surface area contributed by atoms with Crippen LogP contribution in [0.1, 0.15) is 12.5 Å². The summed E-state index contributed by atoms with van der Waals surface area (Å²) in [6.45, 7) is 1.28. The Labute approximate surface area is 87.4 Å². The third kappa shape index (κ3) is 3.40. The molecule has 0 saturated carbocycles. The van der Waals surface area contributed by atoms with Gasteiger partial charge in [-0.15, -0.1) is 0 Å². The number of hydrogen-bond acceptors (Lipinski definition) is 4. The number of hydrazine groups is 1. The van der Waals surface area contributed by atoms with Crippen molar-refractivity contribution in [2.75, 3.05) is 0 Å². The minimum absolute atomic E-state index is 0.0979. The van der Waals surface area contributed by atoms with Gasteiger partial charge in [0.05, 0.1) is 0 Å². The van der Waals surface area contributed by atoms with Gasteiger partial charge in [0, 0.05) is 6.92 Å². The van der Waals surface area contributed by atoms with Gasteiger partial charge in [-0.25, -0.2) is 10.6 Å². The molecule has 0 fully saturated rings. The van der Waals surface area contributed by atoms with Gasteiger partial charge in [0.1, 0.15) is 6.61 Å². The molecule has 0 aliphatic rings. The Kier molecular flexibility index (Phi) is 3.82. The molecule has 1 aromatic carbocycles. The van der Waals surface area contributed by atoms with Crippen LogP contribution in [0.2, 0.25) is 0 Å². The van der Waals surface area contributed by atoms with Crippen molar-refractivity contribution in [3.05, 3.63) is 35.9 Å². The average molecular weight is 208 g/mol. The van der Waals surface area contributed by atoms with Gasteiger partial charge in [-0.3, -0.25) is 4.79 Å². The molecule has 0 radical (unpaired) electrons. The third-order valence-electron chi connectivity index (χ3n) is 1.74. The minimum atomic E-state index is -0.855. The highest BCUT2D eigenvalue weighted by Gasteiger charge is 2.14. The molecule has 0 bridgehead atoms. The molecule has 1 aromatic rings. The molecule has 0 aliphatic heterocycles. The topological polar surface area (TPSA) is 72.6 Å². The monoisotopic (exact) mass is 208 g/mol. The second kappa shape index (κ2) is 5.11. The number of nitrogens with zero attached hydrogens (tertiary/aromatic N) is 1. The lowest BCUT2D eigenvalue weighted by Gasteiger charge is -2.12. The molecule has 0 aromatic heterocycles. The van der Waals surface area contributed by atoms with E-state index in [-0.39, 0.29) is 6.61 Å². The van der Waals surface area contributed by atoms with Crippen LogP contribution in [-0.4, -0.2) is 17.0 Å². The summed E-state index contributed by atoms with van der Waals surface area (Å²) in [5.74, 6) is 4.57. The standard InChI is InChI=1S/C10H12N2O3/c1-8(13)12(11)10(14)15-7-9-5-3-2-4-6-9/h2-6H,7,11H2,1H3. The zero-order valence-corrected chi connectivity index (χ0v) is 8.34. The van der Waals surface area contributed by atoms with E-state index >= 15 is 0 Å². The Balaban J connectivity index is 2.44. The summed E-state index contributed by atoms with van der Waals surface area (Å²) in [7, 11) is 0. The number of imide groups is 1. The van der Waals surface area contributed by atoms with E-state index in [0.717, 1.165) is 5.56 Å². The van der Waals surface area contributed by atoms with Crippen molar-refractivity contribution in [3.8, 4) is 0 Å². The summed E-state index contributed by atoms with van der Waals surface area (Å²) in [5, 5.41) is 0.433. The molecule has 0 spiro atoms. The summed E-state index contributed by atoms with van der Waals surface area (Å²) >= 11 is 0. The van der Waals surface area contributed by atoms with Gasteiger partial charge in [0.15, 0.2) is 0 Å². The Morgan fingerprint density at radius 1 is 1.33 bits per heavy atom. The first-order valence-corrected chi connectivity index (χ1v) is 4.37. The summed E-state index contributed by atoms with van der Waals surface area (Å²) in [4.78, 5) is 21.8. The number of hydrogen-bond donors (Lipinski definition) is 1. The third-order valence-corrected chi connectivity index (χ3v) is 1.74. The molecule has 0 aliphatic carbocycles. The van der Waals surface area contributed by atoms with Crippen molar-refractivity contribution in [2.45, 2.75) is 13.5 Å². The van der Waals surface area contributed by atoms with Gasteiger partial charge in [-0.2, -0.15) is 5.01 Å². The lowest BCUT2D eigenvalue weighted by atomic mass is 10.2. The predicted molar refractivity (Wildman–Crippen MR) is 53.3 cm³/mol. The maximum Gasteiger partial charge on any atom is 0.431 e. The predicted octanol–water partition coefficient (Wildman–Crippen LogP) is 1.05. The van der Waals surface area contributed by atoms with Crippen molar-refractivity contribution >= 4 is 12.0 Å². The highest BCUT2D eigenvalue weighted by Crippen LogP contribution is 2.01. The van der Waals surface area contributed by atoms with Gasteiger partial charge in [-0.05, 0) is 5.56 Å². The molecule has 80 valence electrons. The molecular formula is C10H12N2O3. The van der Waals surface area contributed by atoms with Gasteiger partial charge >= 0.3 is 6.09 Å². The zero-order valence-electron chi connectivity index (χ0n) is 8.34. The van der Waals surface area contributed by atoms with Crippen LogP contribution in [0.25, 0.3) is 0 Å². The Hall–Kier alpha value is -1.88. The van der Waals surface area contributed by atoms with Crippen molar-refractivity contribution in [2.24, 2.45) is 5.84 Å². The van der Waals surface area contributed by atoms with E-state index in [4.69, 9.17) is 10.6 Å². The average Bonchev–Trinajstić information content (AvgIpc) is 2.26. The number of nitrogens with two attached hydrogens (primary N) is 1. The molecule has 2 amide bonds. The molecule has 0 saturated heterocycles. The van der Waals surface area contributed by atoms with Crippen LogP contribution in [0.15, 0.2) is 30.3 Å². The van der Waals surface area contributed by atoms with Crippen LogP contribution in [0.5, 0.6) is 0 Å². The zero-order chi connectivity index (χ0) is 11.3. The van der Waals surface area contributed by atoms with Crippen LogP contribution in [0.4, 0.5) is 4.79 Å². The lowest BCUT2D eigenvalue weighted by molar-refractivity contribution is -0.127. The largest absolute Gasteiger partial charge is 0.443 e. The van der Waals surface area contributed by atoms with Crippen molar-refractivity contribution in [1.29, 1.82) is 0 Å². The molecule has 5 heteroatoms. The first-order chi connectivity index (χ1) is 7.11. The van der Waals surface area contributed by atoms with E-state index < -0.39 is 12.0 Å². The second-order valence-corrected chi connectivity index (χ2v) is 2.93. The molecule has 0 heterocycles. The number of rotatable bonds is 2. The fourth-order valence-corrected chi connectivity index (χ4v) is 0.917. The van der Waals surface area contributed by atoms with Crippen molar-refractivity contribution < 1.29 is 14.3 Å². The van der Waals surface area contributed by atoms with E-state index in [1.54, 1.807) is 0 Å². The fraction of sp³-hybridized carbons (Fsp3) is 0.200. The minimum Gasteiger partial charge on any atom is -0.443 e. The number of carbonyl (C=O) groups excluding carboxylic acids is 2. The van der Waals surface area contributed by atoms with E-state index in [1.165, 1.54) is 6.92 Å². The van der Waals surface area contributed by atoms with Crippen LogP contribution >= 0.6 is 0 Å². The number of carbonyl (C=O) groups is 2. The summed E-state index contributed by atoms with van der Waals surface area (Å²) < 4.78 is 4.79. The highest BCUT2D eigenvalue weighted by atomic mass is 16.6. The van der Waals surface area contributed by atoms with E-state index in [1.807, 2.05) is 30.3 Å².